The molecule has 0 unspecified atom stereocenters. The van der Waals surface area contributed by atoms with Gasteiger partial charge in [-0.3, -0.25) is 0 Å². The highest BCUT2D eigenvalue weighted by Gasteiger charge is 2.18. The van der Waals surface area contributed by atoms with Gasteiger partial charge < -0.3 is 16.2 Å². The van der Waals surface area contributed by atoms with Crippen LogP contribution in [-0.2, 0) is 0 Å². The van der Waals surface area contributed by atoms with Crippen molar-refractivity contribution in [2.75, 3.05) is 5.73 Å². The lowest BCUT2D eigenvalue weighted by Gasteiger charge is -2.15. The lowest BCUT2D eigenvalue weighted by Crippen LogP contribution is -2.11. The summed E-state index contributed by atoms with van der Waals surface area (Å²) in [6.45, 7) is 1.88. The van der Waals surface area contributed by atoms with Crippen LogP contribution < -0.4 is 16.2 Å². The van der Waals surface area contributed by atoms with Crippen LogP contribution in [0.25, 0.3) is 0 Å². The zero-order chi connectivity index (χ0) is 14.7. The van der Waals surface area contributed by atoms with Crippen LogP contribution in [0, 0.1) is 5.82 Å². The molecule has 0 aliphatic heterocycles. The minimum absolute atomic E-state index is 0.0559. The fraction of sp³-hybridized carbons (Fsp3) is 0.214. The second-order valence-corrected chi connectivity index (χ2v) is 4.72. The Hall–Kier alpha value is -1.85. The van der Waals surface area contributed by atoms with Crippen LogP contribution >= 0.6 is 11.6 Å². The molecule has 1 aromatic heterocycles. The Morgan fingerprint density at radius 2 is 2.10 bits per heavy atom. The molecule has 0 aliphatic carbocycles. The third-order valence-electron chi connectivity index (χ3n) is 2.90. The van der Waals surface area contributed by atoms with Gasteiger partial charge in [-0.2, -0.15) is 0 Å². The highest BCUT2D eigenvalue weighted by Crippen LogP contribution is 2.35. The van der Waals surface area contributed by atoms with Gasteiger partial charge in [0, 0.05) is 11.6 Å². The van der Waals surface area contributed by atoms with Crippen LogP contribution in [0.3, 0.4) is 0 Å². The summed E-state index contributed by atoms with van der Waals surface area (Å²) >= 11 is 5.98. The molecule has 0 radical (unpaired) electrons. The number of rotatable bonds is 4. The molecular weight excluding hydrogens is 281 g/mol. The molecule has 1 aromatic carbocycles. The second-order valence-electron chi connectivity index (χ2n) is 4.32. The van der Waals surface area contributed by atoms with E-state index in [9.17, 15) is 4.39 Å². The van der Waals surface area contributed by atoms with E-state index in [1.807, 2.05) is 6.92 Å². The molecule has 4 N–H and O–H groups in total. The third kappa shape index (κ3) is 3.00. The number of nitrogen functional groups attached to an aromatic ring is 1. The summed E-state index contributed by atoms with van der Waals surface area (Å²) in [5.41, 5.74) is 11.7. The summed E-state index contributed by atoms with van der Waals surface area (Å²) in [4.78, 5) is 3.87. The summed E-state index contributed by atoms with van der Waals surface area (Å²) in [6, 6.07) is 5.88. The molecule has 0 spiro atoms. The van der Waals surface area contributed by atoms with E-state index in [-0.39, 0.29) is 10.8 Å². The van der Waals surface area contributed by atoms with E-state index in [1.165, 1.54) is 6.20 Å². The van der Waals surface area contributed by atoms with E-state index in [0.717, 1.165) is 0 Å². The summed E-state index contributed by atoms with van der Waals surface area (Å²) in [5, 5.41) is 0.173. The first-order valence-electron chi connectivity index (χ1n) is 6.15. The number of anilines is 1. The van der Waals surface area contributed by atoms with E-state index in [1.54, 1.807) is 24.3 Å². The van der Waals surface area contributed by atoms with Gasteiger partial charge in [0.25, 0.3) is 0 Å². The zero-order valence-electron chi connectivity index (χ0n) is 10.9. The fourth-order valence-electron chi connectivity index (χ4n) is 1.72. The number of hydrogen-bond donors (Lipinski definition) is 2. The minimum atomic E-state index is -0.552. The molecule has 2 rings (SSSR count). The van der Waals surface area contributed by atoms with Gasteiger partial charge in [-0.05, 0) is 24.6 Å². The Morgan fingerprint density at radius 3 is 2.70 bits per heavy atom. The molecule has 0 bridgehead atoms. The van der Waals surface area contributed by atoms with Crippen molar-refractivity contribution >= 4 is 17.4 Å². The van der Waals surface area contributed by atoms with Crippen molar-refractivity contribution in [3.8, 4) is 11.5 Å². The molecule has 1 atom stereocenters. The predicted octanol–water partition coefficient (Wildman–Crippen LogP) is 3.66. The number of hydrogen-bond acceptors (Lipinski definition) is 4. The zero-order valence-corrected chi connectivity index (χ0v) is 11.7. The molecule has 20 heavy (non-hydrogen) atoms. The van der Waals surface area contributed by atoms with Crippen LogP contribution in [-0.4, -0.2) is 4.98 Å². The standard InChI is InChI=1S/C14H15ClFN3O/c1-2-11(17)9-4-5-10(15)14(13(9)16)20-8-3-6-12(18)19-7-8/h3-7,11H,2,17H2,1H3,(H2,18,19)/t11-/m0/s1. The molecule has 0 saturated heterocycles. The van der Waals surface area contributed by atoms with Crippen molar-refractivity contribution < 1.29 is 9.13 Å². The largest absolute Gasteiger partial charge is 0.451 e. The normalized spacial score (nSPS) is 12.2. The van der Waals surface area contributed by atoms with Crippen LogP contribution in [0.15, 0.2) is 30.5 Å². The SMILES string of the molecule is CC[C@H](N)c1ccc(Cl)c(Oc2ccc(N)nc2)c1F. The quantitative estimate of drug-likeness (QED) is 0.902. The number of pyridine rings is 1. The monoisotopic (exact) mass is 295 g/mol. The maximum Gasteiger partial charge on any atom is 0.182 e. The number of aromatic nitrogens is 1. The van der Waals surface area contributed by atoms with Gasteiger partial charge in [0.1, 0.15) is 11.6 Å². The highest BCUT2D eigenvalue weighted by molar-refractivity contribution is 6.32. The van der Waals surface area contributed by atoms with Gasteiger partial charge in [-0.25, -0.2) is 9.37 Å². The van der Waals surface area contributed by atoms with Crippen LogP contribution in [0.2, 0.25) is 5.02 Å². The number of benzene rings is 1. The van der Waals surface area contributed by atoms with Gasteiger partial charge in [0.05, 0.1) is 11.2 Å². The van der Waals surface area contributed by atoms with Gasteiger partial charge in [0.2, 0.25) is 0 Å². The molecule has 0 aliphatic rings. The first kappa shape index (κ1) is 14.6. The summed E-state index contributed by atoms with van der Waals surface area (Å²) in [5.74, 6) is 0.0937. The fourth-order valence-corrected chi connectivity index (χ4v) is 1.90. The molecule has 0 saturated carbocycles. The number of halogens is 2. The third-order valence-corrected chi connectivity index (χ3v) is 3.19. The topological polar surface area (TPSA) is 74.2 Å². The molecule has 106 valence electrons. The maximum atomic E-state index is 14.4. The lowest BCUT2D eigenvalue weighted by atomic mass is 10.0. The van der Waals surface area contributed by atoms with Gasteiger partial charge in [-0.1, -0.05) is 24.6 Å². The first-order valence-corrected chi connectivity index (χ1v) is 6.53. The molecule has 6 heteroatoms. The average Bonchev–Trinajstić information content (AvgIpc) is 2.45. The van der Waals surface area contributed by atoms with Crippen LogP contribution in [0.5, 0.6) is 11.5 Å². The molecule has 4 nitrogen and oxygen atoms in total. The average molecular weight is 296 g/mol. The smallest absolute Gasteiger partial charge is 0.182 e. The van der Waals surface area contributed by atoms with Crippen LogP contribution in [0.1, 0.15) is 24.9 Å². The minimum Gasteiger partial charge on any atom is -0.451 e. The Kier molecular flexibility index (Phi) is 4.42. The van der Waals surface area contributed by atoms with Gasteiger partial charge in [-0.15, -0.1) is 0 Å². The van der Waals surface area contributed by atoms with E-state index in [0.29, 0.717) is 23.6 Å². The Balaban J connectivity index is 2.37. The molecular formula is C14H15ClFN3O. The predicted molar refractivity (Wildman–Crippen MR) is 77.4 cm³/mol. The summed E-state index contributed by atoms with van der Waals surface area (Å²) in [6.07, 6.45) is 2.01. The number of ether oxygens (including phenoxy) is 1. The maximum absolute atomic E-state index is 14.4. The van der Waals surface area contributed by atoms with Gasteiger partial charge in [0.15, 0.2) is 11.6 Å². The van der Waals surface area contributed by atoms with Crippen molar-refractivity contribution in [2.24, 2.45) is 5.73 Å². The van der Waals surface area contributed by atoms with Crippen molar-refractivity contribution in [3.05, 3.63) is 46.9 Å². The van der Waals surface area contributed by atoms with E-state index in [4.69, 9.17) is 27.8 Å². The number of nitrogens with two attached hydrogens (primary N) is 2. The summed E-state index contributed by atoms with van der Waals surface area (Å²) < 4.78 is 19.9. The van der Waals surface area contributed by atoms with E-state index >= 15 is 0 Å². The van der Waals surface area contributed by atoms with Crippen molar-refractivity contribution in [2.45, 2.75) is 19.4 Å². The molecule has 0 fully saturated rings. The van der Waals surface area contributed by atoms with Crippen molar-refractivity contribution in [1.29, 1.82) is 0 Å². The van der Waals surface area contributed by atoms with Crippen molar-refractivity contribution in [1.82, 2.24) is 4.98 Å². The lowest BCUT2D eigenvalue weighted by molar-refractivity contribution is 0.433. The second kappa shape index (κ2) is 6.07. The first-order chi connectivity index (χ1) is 9.52. The summed E-state index contributed by atoms with van der Waals surface area (Å²) in [7, 11) is 0. The Labute approximate surface area is 121 Å². The Bertz CT molecular complexity index is 604. The highest BCUT2D eigenvalue weighted by atomic mass is 35.5. The van der Waals surface area contributed by atoms with Gasteiger partial charge >= 0.3 is 0 Å². The number of nitrogens with zero attached hydrogens (tertiary/aromatic N) is 1. The van der Waals surface area contributed by atoms with Crippen molar-refractivity contribution in [3.63, 3.8) is 0 Å². The van der Waals surface area contributed by atoms with E-state index < -0.39 is 11.9 Å². The Morgan fingerprint density at radius 1 is 1.35 bits per heavy atom. The van der Waals surface area contributed by atoms with E-state index in [2.05, 4.69) is 4.98 Å². The van der Waals surface area contributed by atoms with Crippen LogP contribution in [0.4, 0.5) is 10.2 Å². The molecule has 1 heterocycles. The molecule has 0 amide bonds. The molecule has 2 aromatic rings.